The van der Waals surface area contributed by atoms with Gasteiger partial charge in [-0.3, -0.25) is 9.59 Å². The van der Waals surface area contributed by atoms with E-state index in [0.29, 0.717) is 40.7 Å². The molecular weight excluding hydrogens is 395 g/mol. The summed E-state index contributed by atoms with van der Waals surface area (Å²) >= 11 is 1.33. The normalized spacial score (nSPS) is 13.3. The van der Waals surface area contributed by atoms with Gasteiger partial charge in [0, 0.05) is 24.4 Å². The van der Waals surface area contributed by atoms with Crippen molar-refractivity contribution in [2.24, 2.45) is 0 Å². The van der Waals surface area contributed by atoms with Gasteiger partial charge in [0.2, 0.25) is 17.6 Å². The lowest BCUT2D eigenvalue weighted by Gasteiger charge is -2.06. The molecule has 9 heteroatoms. The third-order valence-electron chi connectivity index (χ3n) is 4.44. The number of nitrogens with zero attached hydrogens (tertiary/aromatic N) is 2. The van der Waals surface area contributed by atoms with E-state index in [1.165, 1.54) is 23.5 Å². The Morgan fingerprint density at radius 2 is 2.00 bits per heavy atom. The quantitative estimate of drug-likeness (QED) is 0.585. The Morgan fingerprint density at radius 3 is 2.76 bits per heavy atom. The standard InChI is InChI=1S/C20H19FN4O3S/c21-13-6-4-12(5-7-13)18-24-17(28-25-18)3-1-2-16(26)23-20-15(10-11-29-20)19(27)22-14-8-9-14/h4-7,10-11,14H,1-3,8-9H2,(H,22,27)(H,23,26). The minimum atomic E-state index is -0.331. The fraction of sp³-hybridized carbons (Fsp3) is 0.300. The number of anilines is 1. The average Bonchev–Trinajstić information content (AvgIpc) is 3.19. The number of benzene rings is 1. The highest BCUT2D eigenvalue weighted by molar-refractivity contribution is 7.14. The molecular formula is C20H19FN4O3S. The first-order valence-electron chi connectivity index (χ1n) is 9.35. The van der Waals surface area contributed by atoms with Crippen LogP contribution in [0.25, 0.3) is 11.4 Å². The topological polar surface area (TPSA) is 97.1 Å². The van der Waals surface area contributed by atoms with E-state index in [4.69, 9.17) is 4.52 Å². The van der Waals surface area contributed by atoms with Gasteiger partial charge in [-0.05, 0) is 55.0 Å². The van der Waals surface area contributed by atoms with Crippen LogP contribution in [0.1, 0.15) is 41.9 Å². The molecule has 7 nitrogen and oxygen atoms in total. The predicted octanol–water partition coefficient (Wildman–Crippen LogP) is 3.79. The molecule has 29 heavy (non-hydrogen) atoms. The number of amides is 2. The van der Waals surface area contributed by atoms with Crippen molar-refractivity contribution < 1.29 is 18.5 Å². The van der Waals surface area contributed by atoms with Crippen LogP contribution < -0.4 is 10.6 Å². The second-order valence-electron chi connectivity index (χ2n) is 6.83. The maximum atomic E-state index is 13.0. The molecule has 1 aromatic carbocycles. The summed E-state index contributed by atoms with van der Waals surface area (Å²) < 4.78 is 18.2. The van der Waals surface area contributed by atoms with Gasteiger partial charge in [0.15, 0.2) is 0 Å². The molecule has 0 unspecified atom stereocenters. The van der Waals surface area contributed by atoms with Crippen LogP contribution in [0.15, 0.2) is 40.2 Å². The van der Waals surface area contributed by atoms with E-state index < -0.39 is 0 Å². The molecule has 1 saturated carbocycles. The summed E-state index contributed by atoms with van der Waals surface area (Å²) in [5.74, 6) is 0.143. The van der Waals surface area contributed by atoms with Crippen molar-refractivity contribution in [1.29, 1.82) is 0 Å². The van der Waals surface area contributed by atoms with Crippen LogP contribution in [0.3, 0.4) is 0 Å². The number of carbonyl (C=O) groups excluding carboxylic acids is 2. The Balaban J connectivity index is 1.26. The summed E-state index contributed by atoms with van der Waals surface area (Å²) in [4.78, 5) is 28.7. The molecule has 0 atom stereocenters. The number of carbonyl (C=O) groups is 2. The van der Waals surface area contributed by atoms with Gasteiger partial charge in [0.1, 0.15) is 10.8 Å². The molecule has 1 aliphatic carbocycles. The summed E-state index contributed by atoms with van der Waals surface area (Å²) in [6, 6.07) is 7.80. The Hall–Kier alpha value is -3.07. The molecule has 2 aromatic heterocycles. The van der Waals surface area contributed by atoms with Gasteiger partial charge in [-0.25, -0.2) is 4.39 Å². The summed E-state index contributed by atoms with van der Waals surface area (Å²) in [6.07, 6.45) is 3.25. The first-order valence-corrected chi connectivity index (χ1v) is 10.2. The molecule has 150 valence electrons. The lowest BCUT2D eigenvalue weighted by molar-refractivity contribution is -0.116. The summed E-state index contributed by atoms with van der Waals surface area (Å²) in [7, 11) is 0. The van der Waals surface area contributed by atoms with E-state index in [1.807, 2.05) is 0 Å². The second kappa shape index (κ2) is 8.52. The summed E-state index contributed by atoms with van der Waals surface area (Å²) in [6.45, 7) is 0. The number of hydrogen-bond donors (Lipinski definition) is 2. The van der Waals surface area contributed by atoms with E-state index in [1.54, 1.807) is 23.6 Å². The van der Waals surface area contributed by atoms with Crippen molar-refractivity contribution in [3.05, 3.63) is 53.0 Å². The predicted molar refractivity (Wildman–Crippen MR) is 106 cm³/mol. The molecule has 3 aromatic rings. The van der Waals surface area contributed by atoms with Crippen molar-refractivity contribution in [2.75, 3.05) is 5.32 Å². The van der Waals surface area contributed by atoms with Crippen molar-refractivity contribution in [3.8, 4) is 11.4 Å². The largest absolute Gasteiger partial charge is 0.349 e. The SMILES string of the molecule is O=C(CCCc1nc(-c2ccc(F)cc2)no1)Nc1sccc1C(=O)NC1CC1. The van der Waals surface area contributed by atoms with Gasteiger partial charge in [0.25, 0.3) is 5.91 Å². The lowest BCUT2D eigenvalue weighted by Crippen LogP contribution is -2.26. The van der Waals surface area contributed by atoms with Gasteiger partial charge in [-0.2, -0.15) is 4.98 Å². The van der Waals surface area contributed by atoms with Crippen LogP contribution in [0, 0.1) is 5.82 Å². The van der Waals surface area contributed by atoms with Crippen LogP contribution in [0.2, 0.25) is 0 Å². The molecule has 4 rings (SSSR count). The fourth-order valence-corrected chi connectivity index (χ4v) is 3.54. The third-order valence-corrected chi connectivity index (χ3v) is 5.27. The lowest BCUT2D eigenvalue weighted by atomic mass is 10.2. The van der Waals surface area contributed by atoms with Crippen molar-refractivity contribution in [1.82, 2.24) is 15.5 Å². The van der Waals surface area contributed by atoms with Gasteiger partial charge >= 0.3 is 0 Å². The maximum Gasteiger partial charge on any atom is 0.254 e. The Labute approximate surface area is 170 Å². The van der Waals surface area contributed by atoms with Crippen LogP contribution in [0.4, 0.5) is 9.39 Å². The third kappa shape index (κ3) is 5.05. The number of nitrogens with one attached hydrogen (secondary N) is 2. The first kappa shape index (κ1) is 19.3. The van der Waals surface area contributed by atoms with Crippen molar-refractivity contribution in [3.63, 3.8) is 0 Å². The van der Waals surface area contributed by atoms with Crippen LogP contribution in [-0.2, 0) is 11.2 Å². The molecule has 0 aliphatic heterocycles. The summed E-state index contributed by atoms with van der Waals surface area (Å²) in [5.41, 5.74) is 1.16. The van der Waals surface area contributed by atoms with Crippen LogP contribution >= 0.6 is 11.3 Å². The fourth-order valence-electron chi connectivity index (χ4n) is 2.74. The number of hydrogen-bond acceptors (Lipinski definition) is 6. The van der Waals surface area contributed by atoms with Gasteiger partial charge in [-0.1, -0.05) is 5.16 Å². The second-order valence-corrected chi connectivity index (χ2v) is 7.75. The van der Waals surface area contributed by atoms with Crippen molar-refractivity contribution >= 4 is 28.2 Å². The Bertz CT molecular complexity index is 1010. The Kier molecular flexibility index (Phi) is 5.66. The monoisotopic (exact) mass is 414 g/mol. The zero-order valence-corrected chi connectivity index (χ0v) is 16.3. The highest BCUT2D eigenvalue weighted by Crippen LogP contribution is 2.26. The number of aryl methyl sites for hydroxylation is 1. The number of aromatic nitrogens is 2. The maximum absolute atomic E-state index is 13.0. The molecule has 0 spiro atoms. The van der Waals surface area contributed by atoms with Crippen LogP contribution in [-0.4, -0.2) is 28.0 Å². The molecule has 2 N–H and O–H groups in total. The number of rotatable bonds is 8. The van der Waals surface area contributed by atoms with Crippen LogP contribution in [0.5, 0.6) is 0 Å². The van der Waals surface area contributed by atoms with E-state index in [2.05, 4.69) is 20.8 Å². The minimum Gasteiger partial charge on any atom is -0.349 e. The zero-order valence-electron chi connectivity index (χ0n) is 15.5. The number of halogens is 1. The average molecular weight is 414 g/mol. The highest BCUT2D eigenvalue weighted by atomic mass is 32.1. The molecule has 0 bridgehead atoms. The smallest absolute Gasteiger partial charge is 0.254 e. The molecule has 0 saturated heterocycles. The van der Waals surface area contributed by atoms with Crippen molar-refractivity contribution in [2.45, 2.75) is 38.1 Å². The Morgan fingerprint density at radius 1 is 1.21 bits per heavy atom. The summed E-state index contributed by atoms with van der Waals surface area (Å²) in [5, 5.41) is 12.0. The first-order chi connectivity index (χ1) is 14.1. The van der Waals surface area contributed by atoms with E-state index >= 15 is 0 Å². The highest BCUT2D eigenvalue weighted by Gasteiger charge is 2.25. The van der Waals surface area contributed by atoms with E-state index in [0.717, 1.165) is 12.8 Å². The van der Waals surface area contributed by atoms with Gasteiger partial charge in [-0.15, -0.1) is 11.3 Å². The van der Waals surface area contributed by atoms with E-state index in [9.17, 15) is 14.0 Å². The zero-order chi connectivity index (χ0) is 20.2. The molecule has 2 amide bonds. The van der Waals surface area contributed by atoms with Gasteiger partial charge in [0.05, 0.1) is 5.56 Å². The number of thiophene rings is 1. The molecule has 2 heterocycles. The molecule has 0 radical (unpaired) electrons. The van der Waals surface area contributed by atoms with Gasteiger partial charge < -0.3 is 15.2 Å². The van der Waals surface area contributed by atoms with E-state index in [-0.39, 0.29) is 30.1 Å². The molecule has 1 fully saturated rings. The minimum absolute atomic E-state index is 0.150. The molecule has 1 aliphatic rings.